The molecule has 0 aliphatic carbocycles. The summed E-state index contributed by atoms with van der Waals surface area (Å²) in [7, 11) is 0. The van der Waals surface area contributed by atoms with Crippen LogP contribution in [-0.2, 0) is 0 Å². The molecule has 1 aromatic carbocycles. The summed E-state index contributed by atoms with van der Waals surface area (Å²) in [5, 5.41) is 0. The Bertz CT molecular complexity index is 580. The first-order chi connectivity index (χ1) is 9.51. The highest BCUT2D eigenvalue weighted by Gasteiger charge is 2.15. The minimum absolute atomic E-state index is 0.145. The van der Waals surface area contributed by atoms with E-state index < -0.39 is 0 Å². The summed E-state index contributed by atoms with van der Waals surface area (Å²) in [6, 6.07) is 10.2. The van der Waals surface area contributed by atoms with Gasteiger partial charge in [0, 0.05) is 11.4 Å². The van der Waals surface area contributed by atoms with E-state index in [-0.39, 0.29) is 6.10 Å². The third-order valence-electron chi connectivity index (χ3n) is 3.27. The van der Waals surface area contributed by atoms with E-state index in [1.54, 1.807) is 0 Å². The second-order valence-corrected chi connectivity index (χ2v) is 6.91. The number of hydrogen-bond acceptors (Lipinski definition) is 3. The van der Waals surface area contributed by atoms with Gasteiger partial charge in [-0.05, 0) is 42.2 Å². The predicted octanol–water partition coefficient (Wildman–Crippen LogP) is 4.91. The highest BCUT2D eigenvalue weighted by atomic mass is 35.5. The van der Waals surface area contributed by atoms with E-state index in [4.69, 9.17) is 22.1 Å². The molecule has 108 valence electrons. The summed E-state index contributed by atoms with van der Waals surface area (Å²) in [4.78, 5) is 1.06. The van der Waals surface area contributed by atoms with E-state index >= 15 is 0 Å². The molecule has 1 heterocycles. The molecule has 0 amide bonds. The molecular weight excluding hydrogens is 290 g/mol. The Hall–Kier alpha value is -1.03. The summed E-state index contributed by atoms with van der Waals surface area (Å²) in [5.41, 5.74) is 8.24. The maximum Gasteiger partial charge on any atom is 0.145 e. The molecule has 0 saturated carbocycles. The fraction of sp³-hybridized carbons (Fsp3) is 0.375. The molecule has 0 fully saturated rings. The van der Waals surface area contributed by atoms with Crippen molar-refractivity contribution >= 4 is 22.9 Å². The van der Waals surface area contributed by atoms with Gasteiger partial charge in [0.2, 0.25) is 0 Å². The lowest BCUT2D eigenvalue weighted by molar-refractivity contribution is 0.216. The van der Waals surface area contributed by atoms with Crippen molar-refractivity contribution in [3.63, 3.8) is 0 Å². The highest BCUT2D eigenvalue weighted by Crippen LogP contribution is 2.32. The minimum Gasteiger partial charge on any atom is -0.483 e. The minimum atomic E-state index is -0.145. The average molecular weight is 310 g/mol. The van der Waals surface area contributed by atoms with Crippen LogP contribution in [0.15, 0.2) is 30.3 Å². The Morgan fingerprint density at radius 1 is 1.25 bits per heavy atom. The summed E-state index contributed by atoms with van der Waals surface area (Å²) in [6.07, 6.45) is -0.145. The first-order valence-electron chi connectivity index (χ1n) is 6.73. The molecule has 0 aliphatic rings. The lowest BCUT2D eigenvalue weighted by Crippen LogP contribution is -2.17. The Morgan fingerprint density at radius 3 is 2.55 bits per heavy atom. The lowest BCUT2D eigenvalue weighted by Gasteiger charge is -2.19. The quantitative estimate of drug-likeness (QED) is 0.851. The number of aryl methyl sites for hydroxylation is 1. The summed E-state index contributed by atoms with van der Waals surface area (Å²) < 4.78 is 6.87. The number of hydrogen-bond donors (Lipinski definition) is 1. The summed E-state index contributed by atoms with van der Waals surface area (Å²) in [5.74, 6) is 1.38. The zero-order valence-electron chi connectivity index (χ0n) is 12.0. The highest BCUT2D eigenvalue weighted by molar-refractivity contribution is 7.16. The fourth-order valence-electron chi connectivity index (χ4n) is 1.98. The lowest BCUT2D eigenvalue weighted by atomic mass is 10.0. The molecule has 2 aromatic rings. The Labute approximate surface area is 129 Å². The Balaban J connectivity index is 2.25. The van der Waals surface area contributed by atoms with Gasteiger partial charge in [-0.25, -0.2) is 0 Å². The van der Waals surface area contributed by atoms with Crippen LogP contribution in [0.25, 0.3) is 0 Å². The van der Waals surface area contributed by atoms with Crippen molar-refractivity contribution < 1.29 is 4.74 Å². The molecule has 0 radical (unpaired) electrons. The third kappa shape index (κ3) is 3.54. The van der Waals surface area contributed by atoms with Gasteiger partial charge in [-0.2, -0.15) is 0 Å². The molecule has 2 rings (SSSR count). The first-order valence-corrected chi connectivity index (χ1v) is 7.93. The predicted molar refractivity (Wildman–Crippen MR) is 87.0 cm³/mol. The second kappa shape index (κ2) is 6.61. The van der Waals surface area contributed by atoms with Gasteiger partial charge in [0.25, 0.3) is 0 Å². The van der Waals surface area contributed by atoms with Gasteiger partial charge in [0.15, 0.2) is 0 Å². The maximum absolute atomic E-state index is 6.11. The third-order valence-corrected chi connectivity index (χ3v) is 4.60. The van der Waals surface area contributed by atoms with Crippen molar-refractivity contribution in [1.82, 2.24) is 0 Å². The van der Waals surface area contributed by atoms with Crippen LogP contribution in [0.5, 0.6) is 5.75 Å². The van der Waals surface area contributed by atoms with Crippen LogP contribution in [0.1, 0.15) is 41.9 Å². The van der Waals surface area contributed by atoms with Crippen molar-refractivity contribution in [3.05, 3.63) is 50.7 Å². The van der Waals surface area contributed by atoms with Crippen molar-refractivity contribution in [2.45, 2.75) is 32.8 Å². The van der Waals surface area contributed by atoms with Gasteiger partial charge < -0.3 is 10.5 Å². The van der Waals surface area contributed by atoms with Crippen LogP contribution in [0, 0.1) is 6.92 Å². The molecular formula is C16H20ClNOS. The van der Waals surface area contributed by atoms with Crippen molar-refractivity contribution in [1.29, 1.82) is 0 Å². The van der Waals surface area contributed by atoms with Crippen LogP contribution < -0.4 is 10.5 Å². The summed E-state index contributed by atoms with van der Waals surface area (Å²) in [6.45, 7) is 6.83. The smallest absolute Gasteiger partial charge is 0.145 e. The number of rotatable bonds is 5. The van der Waals surface area contributed by atoms with Crippen molar-refractivity contribution in [2.75, 3.05) is 6.54 Å². The molecule has 0 saturated heterocycles. The number of ether oxygens (including phenoxy) is 1. The number of halogens is 1. The van der Waals surface area contributed by atoms with E-state index in [1.165, 1.54) is 16.9 Å². The van der Waals surface area contributed by atoms with Crippen LogP contribution >= 0.6 is 22.9 Å². The zero-order chi connectivity index (χ0) is 14.7. The SMILES string of the molecule is Cc1ccc(C(C)C)cc1OC(CN)c1ccc(Cl)s1. The second-order valence-electron chi connectivity index (χ2n) is 5.16. The fourth-order valence-corrected chi connectivity index (χ4v) is 3.08. The molecule has 2 N–H and O–H groups in total. The van der Waals surface area contributed by atoms with Gasteiger partial charge >= 0.3 is 0 Å². The first kappa shape index (κ1) is 15.4. The number of thiophene rings is 1. The zero-order valence-corrected chi connectivity index (χ0v) is 13.6. The van der Waals surface area contributed by atoms with Gasteiger partial charge in [-0.3, -0.25) is 0 Å². The molecule has 2 nitrogen and oxygen atoms in total. The number of benzene rings is 1. The standard InChI is InChI=1S/C16H20ClNOS/c1-10(2)12-5-4-11(3)13(8-12)19-14(9-18)15-6-7-16(17)20-15/h4-8,10,14H,9,18H2,1-3H3. The largest absolute Gasteiger partial charge is 0.483 e. The molecule has 20 heavy (non-hydrogen) atoms. The maximum atomic E-state index is 6.11. The molecule has 1 aromatic heterocycles. The molecule has 1 unspecified atom stereocenters. The van der Waals surface area contributed by atoms with Gasteiger partial charge in [0.1, 0.15) is 11.9 Å². The van der Waals surface area contributed by atoms with Crippen LogP contribution in [0.3, 0.4) is 0 Å². The Morgan fingerprint density at radius 2 is 2.00 bits per heavy atom. The Kier molecular flexibility index (Phi) is 5.08. The van der Waals surface area contributed by atoms with Crippen LogP contribution in [0.2, 0.25) is 4.34 Å². The monoisotopic (exact) mass is 309 g/mol. The molecule has 0 bridgehead atoms. The summed E-state index contributed by atoms with van der Waals surface area (Å²) >= 11 is 7.50. The number of nitrogens with two attached hydrogens (primary N) is 1. The topological polar surface area (TPSA) is 35.2 Å². The van der Waals surface area contributed by atoms with E-state index in [9.17, 15) is 0 Å². The molecule has 0 aliphatic heterocycles. The molecule has 1 atom stereocenters. The molecule has 4 heteroatoms. The van der Waals surface area contributed by atoms with Crippen molar-refractivity contribution in [3.8, 4) is 5.75 Å². The van der Waals surface area contributed by atoms with Gasteiger partial charge in [-0.1, -0.05) is 37.6 Å². The van der Waals surface area contributed by atoms with Gasteiger partial charge in [-0.15, -0.1) is 11.3 Å². The van der Waals surface area contributed by atoms with E-state index in [0.717, 1.165) is 20.5 Å². The van der Waals surface area contributed by atoms with Crippen molar-refractivity contribution in [2.24, 2.45) is 5.73 Å². The van der Waals surface area contributed by atoms with Gasteiger partial charge in [0.05, 0.1) is 4.34 Å². The van der Waals surface area contributed by atoms with E-state index in [0.29, 0.717) is 12.5 Å². The van der Waals surface area contributed by atoms with Crippen LogP contribution in [-0.4, -0.2) is 6.54 Å². The average Bonchev–Trinajstić information content (AvgIpc) is 2.84. The normalized spacial score (nSPS) is 12.7. The van der Waals surface area contributed by atoms with Crippen LogP contribution in [0.4, 0.5) is 0 Å². The van der Waals surface area contributed by atoms with E-state index in [2.05, 4.69) is 39.0 Å². The molecule has 0 spiro atoms. The van der Waals surface area contributed by atoms with E-state index in [1.807, 2.05) is 12.1 Å².